The van der Waals surface area contributed by atoms with E-state index in [0.29, 0.717) is 12.0 Å². The summed E-state index contributed by atoms with van der Waals surface area (Å²) in [4.78, 5) is 0. The Labute approximate surface area is 110 Å². The van der Waals surface area contributed by atoms with Crippen LogP contribution in [0.5, 0.6) is 0 Å². The summed E-state index contributed by atoms with van der Waals surface area (Å²) in [7, 11) is 1.97. The highest BCUT2D eigenvalue weighted by atomic mass is 15.3. The molecule has 0 amide bonds. The van der Waals surface area contributed by atoms with Gasteiger partial charge in [-0.05, 0) is 24.7 Å². The van der Waals surface area contributed by atoms with Gasteiger partial charge in [0, 0.05) is 13.1 Å². The molecular formula is C14H26N4. The Hall–Kier alpha value is -1.19. The zero-order chi connectivity index (χ0) is 13.3. The van der Waals surface area contributed by atoms with E-state index < -0.39 is 0 Å². The number of anilines is 2. The summed E-state index contributed by atoms with van der Waals surface area (Å²) < 4.78 is 1.89. The first-order valence-electron chi connectivity index (χ1n) is 7.08. The molecule has 18 heavy (non-hydrogen) atoms. The SMILES string of the molecule is CC1CCCC(Nc2c(N)c(C(C)C)nn2C)C1. The minimum absolute atomic E-state index is 0.372. The maximum Gasteiger partial charge on any atom is 0.148 e. The van der Waals surface area contributed by atoms with E-state index in [4.69, 9.17) is 5.73 Å². The summed E-state index contributed by atoms with van der Waals surface area (Å²) >= 11 is 0. The van der Waals surface area contributed by atoms with Crippen LogP contribution in [0.3, 0.4) is 0 Å². The number of aryl methyl sites for hydroxylation is 1. The first kappa shape index (κ1) is 13.2. The molecule has 1 heterocycles. The fourth-order valence-corrected chi connectivity index (χ4v) is 2.92. The Morgan fingerprint density at radius 3 is 2.67 bits per heavy atom. The van der Waals surface area contributed by atoms with Crippen molar-refractivity contribution >= 4 is 11.5 Å². The van der Waals surface area contributed by atoms with Gasteiger partial charge < -0.3 is 11.1 Å². The molecule has 1 aromatic heterocycles. The van der Waals surface area contributed by atoms with Gasteiger partial charge in [-0.25, -0.2) is 0 Å². The van der Waals surface area contributed by atoms with Crippen molar-refractivity contribution in [2.24, 2.45) is 13.0 Å². The van der Waals surface area contributed by atoms with Crippen molar-refractivity contribution in [1.82, 2.24) is 9.78 Å². The number of nitrogens with zero attached hydrogens (tertiary/aromatic N) is 2. The zero-order valence-corrected chi connectivity index (χ0v) is 12.0. The van der Waals surface area contributed by atoms with Gasteiger partial charge in [0.1, 0.15) is 5.82 Å². The normalized spacial score (nSPS) is 24.5. The Kier molecular flexibility index (Phi) is 3.83. The number of nitrogen functional groups attached to an aromatic ring is 1. The average Bonchev–Trinajstić information content (AvgIpc) is 2.57. The Balaban J connectivity index is 2.13. The molecule has 0 aromatic carbocycles. The molecule has 2 unspecified atom stereocenters. The summed E-state index contributed by atoms with van der Waals surface area (Å²) in [5.74, 6) is 2.19. The van der Waals surface area contributed by atoms with Crippen LogP contribution in [0.2, 0.25) is 0 Å². The van der Waals surface area contributed by atoms with Crippen molar-refractivity contribution in [1.29, 1.82) is 0 Å². The van der Waals surface area contributed by atoms with E-state index in [-0.39, 0.29) is 0 Å². The number of nitrogens with one attached hydrogen (secondary N) is 1. The summed E-state index contributed by atoms with van der Waals surface area (Å²) in [6, 6.07) is 0.548. The highest BCUT2D eigenvalue weighted by Crippen LogP contribution is 2.31. The lowest BCUT2D eigenvalue weighted by Gasteiger charge is -2.28. The van der Waals surface area contributed by atoms with Crippen molar-refractivity contribution in [2.75, 3.05) is 11.1 Å². The third-order valence-corrected chi connectivity index (χ3v) is 3.94. The smallest absolute Gasteiger partial charge is 0.148 e. The van der Waals surface area contributed by atoms with Crippen molar-refractivity contribution in [3.05, 3.63) is 5.69 Å². The molecule has 2 rings (SSSR count). The van der Waals surface area contributed by atoms with Crippen molar-refractivity contribution < 1.29 is 0 Å². The van der Waals surface area contributed by atoms with Gasteiger partial charge in [-0.1, -0.05) is 33.6 Å². The molecule has 4 nitrogen and oxygen atoms in total. The van der Waals surface area contributed by atoms with Crippen LogP contribution in [0.15, 0.2) is 0 Å². The summed E-state index contributed by atoms with van der Waals surface area (Å²) in [5.41, 5.74) is 8.04. The van der Waals surface area contributed by atoms with Gasteiger partial charge in [-0.3, -0.25) is 4.68 Å². The topological polar surface area (TPSA) is 55.9 Å². The molecule has 1 fully saturated rings. The predicted octanol–water partition coefficient (Wildman–Crippen LogP) is 3.12. The van der Waals surface area contributed by atoms with Crippen LogP contribution < -0.4 is 11.1 Å². The summed E-state index contributed by atoms with van der Waals surface area (Å²) in [5, 5.41) is 8.12. The molecule has 1 aliphatic carbocycles. The maximum absolute atomic E-state index is 6.21. The third-order valence-electron chi connectivity index (χ3n) is 3.94. The lowest BCUT2D eigenvalue weighted by Crippen LogP contribution is -2.27. The number of rotatable bonds is 3. The molecule has 3 N–H and O–H groups in total. The highest BCUT2D eigenvalue weighted by molar-refractivity contribution is 5.66. The number of nitrogens with two attached hydrogens (primary N) is 1. The molecule has 0 spiro atoms. The third kappa shape index (κ3) is 2.62. The van der Waals surface area contributed by atoms with E-state index in [1.54, 1.807) is 0 Å². The second-order valence-corrected chi connectivity index (χ2v) is 6.04. The molecule has 0 radical (unpaired) electrons. The van der Waals surface area contributed by atoms with E-state index in [9.17, 15) is 0 Å². The van der Waals surface area contributed by atoms with Gasteiger partial charge in [0.15, 0.2) is 0 Å². The van der Waals surface area contributed by atoms with Gasteiger partial charge in [-0.2, -0.15) is 5.10 Å². The standard InChI is InChI=1S/C14H26N4/c1-9(2)13-12(15)14(18(4)17-13)16-11-7-5-6-10(3)8-11/h9-11,16H,5-8,15H2,1-4H3. The van der Waals surface area contributed by atoms with E-state index in [1.165, 1.54) is 25.7 Å². The van der Waals surface area contributed by atoms with Crippen LogP contribution in [-0.4, -0.2) is 15.8 Å². The molecule has 0 aliphatic heterocycles. The molecule has 1 saturated carbocycles. The molecular weight excluding hydrogens is 224 g/mol. The van der Waals surface area contributed by atoms with Gasteiger partial charge in [0.05, 0.1) is 11.4 Å². The lowest BCUT2D eigenvalue weighted by atomic mass is 9.87. The van der Waals surface area contributed by atoms with Crippen LogP contribution in [0.25, 0.3) is 0 Å². The summed E-state index contributed by atoms with van der Waals surface area (Å²) in [6.45, 7) is 6.59. The molecule has 0 bridgehead atoms. The zero-order valence-electron chi connectivity index (χ0n) is 12.0. The quantitative estimate of drug-likeness (QED) is 0.866. The number of hydrogen-bond acceptors (Lipinski definition) is 3. The Morgan fingerprint density at radius 2 is 2.11 bits per heavy atom. The monoisotopic (exact) mass is 250 g/mol. The minimum atomic E-state index is 0.372. The summed E-state index contributed by atoms with van der Waals surface area (Å²) in [6.07, 6.45) is 5.15. The number of aromatic nitrogens is 2. The first-order valence-corrected chi connectivity index (χ1v) is 7.08. The van der Waals surface area contributed by atoms with Crippen molar-refractivity contribution in [3.63, 3.8) is 0 Å². The van der Waals surface area contributed by atoms with E-state index in [2.05, 4.69) is 31.2 Å². The van der Waals surface area contributed by atoms with Crippen molar-refractivity contribution in [3.8, 4) is 0 Å². The fraction of sp³-hybridized carbons (Fsp3) is 0.786. The molecule has 1 aromatic rings. The first-order chi connectivity index (χ1) is 8.49. The largest absolute Gasteiger partial charge is 0.394 e. The fourth-order valence-electron chi connectivity index (χ4n) is 2.92. The Bertz CT molecular complexity index is 408. The van der Waals surface area contributed by atoms with Crippen LogP contribution in [0.4, 0.5) is 11.5 Å². The van der Waals surface area contributed by atoms with Crippen LogP contribution in [-0.2, 0) is 7.05 Å². The molecule has 4 heteroatoms. The molecule has 0 saturated heterocycles. The van der Waals surface area contributed by atoms with Gasteiger partial charge in [0.25, 0.3) is 0 Å². The molecule has 2 atom stereocenters. The van der Waals surface area contributed by atoms with E-state index in [1.807, 2.05) is 11.7 Å². The van der Waals surface area contributed by atoms with Crippen molar-refractivity contribution in [2.45, 2.75) is 58.4 Å². The predicted molar refractivity (Wildman–Crippen MR) is 76.8 cm³/mol. The molecule has 102 valence electrons. The lowest BCUT2D eigenvalue weighted by molar-refractivity contribution is 0.357. The van der Waals surface area contributed by atoms with E-state index in [0.717, 1.165) is 23.1 Å². The van der Waals surface area contributed by atoms with Crippen LogP contribution in [0.1, 0.15) is 58.1 Å². The maximum atomic E-state index is 6.21. The van der Waals surface area contributed by atoms with Crippen LogP contribution in [0, 0.1) is 5.92 Å². The Morgan fingerprint density at radius 1 is 1.39 bits per heavy atom. The minimum Gasteiger partial charge on any atom is -0.394 e. The molecule has 1 aliphatic rings. The van der Waals surface area contributed by atoms with E-state index >= 15 is 0 Å². The van der Waals surface area contributed by atoms with Crippen LogP contribution >= 0.6 is 0 Å². The van der Waals surface area contributed by atoms with Gasteiger partial charge in [0.2, 0.25) is 0 Å². The van der Waals surface area contributed by atoms with Gasteiger partial charge >= 0.3 is 0 Å². The second kappa shape index (κ2) is 5.21. The number of hydrogen-bond donors (Lipinski definition) is 2. The average molecular weight is 250 g/mol. The second-order valence-electron chi connectivity index (χ2n) is 6.04. The van der Waals surface area contributed by atoms with Gasteiger partial charge in [-0.15, -0.1) is 0 Å². The highest BCUT2D eigenvalue weighted by Gasteiger charge is 2.22.